The Morgan fingerprint density at radius 2 is 1.60 bits per heavy atom. The molecule has 0 unspecified atom stereocenters. The normalized spacial score (nSPS) is 10.8. The van der Waals surface area contributed by atoms with Crippen LogP contribution in [0.4, 0.5) is 0 Å². The highest BCUT2D eigenvalue weighted by Crippen LogP contribution is 2.11. The number of nitrogens with one attached hydrogen (secondary N) is 1. The average Bonchev–Trinajstić information content (AvgIpc) is 2.45. The smallest absolute Gasteiger partial charge is 0.129 e. The molecular weight excluding hydrogens is 246 g/mol. The Morgan fingerprint density at radius 1 is 0.950 bits per heavy atom. The summed E-state index contributed by atoms with van der Waals surface area (Å²) in [5.41, 5.74) is 4.77. The Labute approximate surface area is 121 Å². The fourth-order valence-corrected chi connectivity index (χ4v) is 2.33. The molecule has 0 aliphatic heterocycles. The highest BCUT2D eigenvalue weighted by Gasteiger charge is 2.08. The number of benzene rings is 1. The molecule has 0 atom stereocenters. The molecule has 0 amide bonds. The van der Waals surface area contributed by atoms with Crippen LogP contribution in [0.25, 0.3) is 0 Å². The van der Waals surface area contributed by atoms with Gasteiger partial charge in [-0.05, 0) is 32.4 Å². The first kappa shape index (κ1) is 14.7. The minimum Gasteiger partial charge on any atom is -0.313 e. The zero-order chi connectivity index (χ0) is 14.4. The first-order valence-corrected chi connectivity index (χ1v) is 7.28. The van der Waals surface area contributed by atoms with Gasteiger partial charge in [0.2, 0.25) is 0 Å². The van der Waals surface area contributed by atoms with E-state index >= 15 is 0 Å². The van der Waals surface area contributed by atoms with Gasteiger partial charge in [-0.1, -0.05) is 37.3 Å². The molecule has 3 heteroatoms. The second-order valence-corrected chi connectivity index (χ2v) is 5.06. The summed E-state index contributed by atoms with van der Waals surface area (Å²) in [5, 5.41) is 3.34. The third-order valence-electron chi connectivity index (χ3n) is 3.50. The molecule has 106 valence electrons. The van der Waals surface area contributed by atoms with E-state index in [-0.39, 0.29) is 0 Å². The molecule has 0 spiro atoms. The second kappa shape index (κ2) is 7.15. The standard InChI is InChI=1S/C17H23N3/c1-4-18-12-16-13(2)19-17(20-14(16)3)11-10-15-8-6-5-7-9-15/h5-9,18H,4,10-12H2,1-3H3. The van der Waals surface area contributed by atoms with Gasteiger partial charge in [-0.3, -0.25) is 0 Å². The third kappa shape index (κ3) is 3.87. The van der Waals surface area contributed by atoms with E-state index in [4.69, 9.17) is 0 Å². The number of aromatic nitrogens is 2. The van der Waals surface area contributed by atoms with Gasteiger partial charge in [-0.15, -0.1) is 0 Å². The maximum absolute atomic E-state index is 4.65. The van der Waals surface area contributed by atoms with E-state index in [0.717, 1.165) is 43.1 Å². The van der Waals surface area contributed by atoms with Crippen molar-refractivity contribution in [1.82, 2.24) is 15.3 Å². The average molecular weight is 269 g/mol. The molecule has 3 nitrogen and oxygen atoms in total. The third-order valence-corrected chi connectivity index (χ3v) is 3.50. The fraction of sp³-hybridized carbons (Fsp3) is 0.412. The highest BCUT2D eigenvalue weighted by atomic mass is 14.9. The summed E-state index contributed by atoms with van der Waals surface area (Å²) < 4.78 is 0. The van der Waals surface area contributed by atoms with Crippen LogP contribution in [-0.4, -0.2) is 16.5 Å². The number of aryl methyl sites for hydroxylation is 4. The molecule has 20 heavy (non-hydrogen) atoms. The first-order chi connectivity index (χ1) is 9.70. The van der Waals surface area contributed by atoms with Crippen molar-refractivity contribution in [1.29, 1.82) is 0 Å². The lowest BCUT2D eigenvalue weighted by atomic mass is 10.1. The molecule has 2 aromatic rings. The molecular formula is C17H23N3. The van der Waals surface area contributed by atoms with Crippen LogP contribution >= 0.6 is 0 Å². The van der Waals surface area contributed by atoms with Crippen LogP contribution in [0.15, 0.2) is 30.3 Å². The van der Waals surface area contributed by atoms with E-state index in [1.54, 1.807) is 0 Å². The van der Waals surface area contributed by atoms with Crippen LogP contribution in [-0.2, 0) is 19.4 Å². The van der Waals surface area contributed by atoms with Gasteiger partial charge in [-0.2, -0.15) is 0 Å². The quantitative estimate of drug-likeness (QED) is 0.876. The molecule has 1 heterocycles. The van der Waals surface area contributed by atoms with Crippen molar-refractivity contribution in [2.75, 3.05) is 6.54 Å². The molecule has 0 bridgehead atoms. The summed E-state index contributed by atoms with van der Waals surface area (Å²) in [6, 6.07) is 10.5. The van der Waals surface area contributed by atoms with E-state index in [9.17, 15) is 0 Å². The SMILES string of the molecule is CCNCc1c(C)nc(CCc2ccccc2)nc1C. The highest BCUT2D eigenvalue weighted by molar-refractivity contribution is 5.24. The van der Waals surface area contributed by atoms with Crippen molar-refractivity contribution in [3.8, 4) is 0 Å². The molecule has 0 saturated carbocycles. The number of nitrogens with zero attached hydrogens (tertiary/aromatic N) is 2. The summed E-state index contributed by atoms with van der Waals surface area (Å²) in [6.07, 6.45) is 1.89. The van der Waals surface area contributed by atoms with Crippen LogP contribution in [0.1, 0.15) is 35.3 Å². The fourth-order valence-electron chi connectivity index (χ4n) is 2.33. The van der Waals surface area contributed by atoms with Gasteiger partial charge in [0.05, 0.1) is 0 Å². The lowest BCUT2D eigenvalue weighted by molar-refractivity contribution is 0.702. The Kier molecular flexibility index (Phi) is 5.24. The van der Waals surface area contributed by atoms with Crippen molar-refractivity contribution in [3.63, 3.8) is 0 Å². The topological polar surface area (TPSA) is 37.8 Å². The lowest BCUT2D eigenvalue weighted by Gasteiger charge is -2.11. The van der Waals surface area contributed by atoms with Gasteiger partial charge >= 0.3 is 0 Å². The maximum atomic E-state index is 4.65. The van der Waals surface area contributed by atoms with Crippen LogP contribution < -0.4 is 5.32 Å². The predicted molar refractivity (Wildman–Crippen MR) is 82.7 cm³/mol. The van der Waals surface area contributed by atoms with Gasteiger partial charge < -0.3 is 5.32 Å². The van der Waals surface area contributed by atoms with Crippen LogP contribution in [0.2, 0.25) is 0 Å². The van der Waals surface area contributed by atoms with Crippen LogP contribution in [0.5, 0.6) is 0 Å². The van der Waals surface area contributed by atoms with Crippen molar-refractivity contribution >= 4 is 0 Å². The van der Waals surface area contributed by atoms with E-state index in [1.165, 1.54) is 11.1 Å². The van der Waals surface area contributed by atoms with Crippen molar-refractivity contribution in [2.45, 2.75) is 40.2 Å². The summed E-state index contributed by atoms with van der Waals surface area (Å²) in [5.74, 6) is 0.948. The number of hydrogen-bond donors (Lipinski definition) is 1. The monoisotopic (exact) mass is 269 g/mol. The molecule has 1 aromatic carbocycles. The van der Waals surface area contributed by atoms with Crippen LogP contribution in [0, 0.1) is 13.8 Å². The summed E-state index contributed by atoms with van der Waals surface area (Å²) in [6.45, 7) is 8.09. The Hall–Kier alpha value is -1.74. The van der Waals surface area contributed by atoms with Gasteiger partial charge in [0.1, 0.15) is 5.82 Å². The van der Waals surface area contributed by atoms with Gasteiger partial charge in [0.15, 0.2) is 0 Å². The predicted octanol–water partition coefficient (Wildman–Crippen LogP) is 2.99. The molecule has 0 saturated heterocycles. The molecule has 0 aliphatic carbocycles. The minimum absolute atomic E-state index is 0.854. The zero-order valence-electron chi connectivity index (χ0n) is 12.6. The Balaban J connectivity index is 2.06. The van der Waals surface area contributed by atoms with Crippen molar-refractivity contribution < 1.29 is 0 Å². The van der Waals surface area contributed by atoms with Gasteiger partial charge in [0.25, 0.3) is 0 Å². The Bertz CT molecular complexity index is 526. The van der Waals surface area contributed by atoms with Crippen molar-refractivity contribution in [2.24, 2.45) is 0 Å². The minimum atomic E-state index is 0.854. The van der Waals surface area contributed by atoms with Gasteiger partial charge in [0, 0.05) is 29.9 Å². The summed E-state index contributed by atoms with van der Waals surface area (Å²) in [4.78, 5) is 9.30. The molecule has 1 N–H and O–H groups in total. The summed E-state index contributed by atoms with van der Waals surface area (Å²) in [7, 11) is 0. The van der Waals surface area contributed by atoms with Crippen LogP contribution in [0.3, 0.4) is 0 Å². The molecule has 0 radical (unpaired) electrons. The van der Waals surface area contributed by atoms with Crippen molar-refractivity contribution in [3.05, 3.63) is 58.7 Å². The Morgan fingerprint density at radius 3 is 2.20 bits per heavy atom. The van der Waals surface area contributed by atoms with E-state index < -0.39 is 0 Å². The molecule has 0 aliphatic rings. The second-order valence-electron chi connectivity index (χ2n) is 5.06. The largest absolute Gasteiger partial charge is 0.313 e. The maximum Gasteiger partial charge on any atom is 0.129 e. The van der Waals surface area contributed by atoms with E-state index in [2.05, 4.69) is 60.3 Å². The number of rotatable bonds is 6. The number of hydrogen-bond acceptors (Lipinski definition) is 3. The zero-order valence-corrected chi connectivity index (χ0v) is 12.6. The molecule has 0 fully saturated rings. The van der Waals surface area contributed by atoms with E-state index in [1.807, 2.05) is 6.07 Å². The summed E-state index contributed by atoms with van der Waals surface area (Å²) >= 11 is 0. The first-order valence-electron chi connectivity index (χ1n) is 7.28. The van der Waals surface area contributed by atoms with E-state index in [0.29, 0.717) is 0 Å². The molecule has 2 rings (SSSR count). The molecule has 1 aromatic heterocycles. The van der Waals surface area contributed by atoms with Gasteiger partial charge in [-0.25, -0.2) is 9.97 Å². The lowest BCUT2D eigenvalue weighted by Crippen LogP contribution is -2.16.